The van der Waals surface area contributed by atoms with E-state index in [1.165, 1.54) is 0 Å². The lowest BCUT2D eigenvalue weighted by Crippen LogP contribution is -2.44. The topological polar surface area (TPSA) is 0 Å². The van der Waals surface area contributed by atoms with Gasteiger partial charge in [0.15, 0.2) is 7.26 Å². The summed E-state index contributed by atoms with van der Waals surface area (Å²) >= 11 is 0. The minimum atomic E-state index is -4.22. The smallest absolute Gasteiger partial charge is 0.236 e. The Hall–Kier alpha value is -1.55. The molecule has 0 saturated carbocycles. The second kappa shape index (κ2) is 12.1. The lowest BCUT2D eigenvalue weighted by atomic mass is 10.1. The highest BCUT2D eigenvalue weighted by atomic mass is 31.2. The zero-order valence-electron chi connectivity index (χ0n) is 18.4. The molecule has 0 radical (unpaired) electrons. The molecule has 0 aliphatic heterocycles. The number of benzene rings is 2. The summed E-state index contributed by atoms with van der Waals surface area (Å²) < 4.78 is 84.2. The second-order valence-electron chi connectivity index (χ2n) is 8.18. The van der Waals surface area contributed by atoms with Crippen molar-refractivity contribution in [3.05, 3.63) is 60.7 Å². The van der Waals surface area contributed by atoms with E-state index >= 15 is 13.2 Å². The van der Waals surface area contributed by atoms with Gasteiger partial charge in [-0.3, -0.25) is 0 Å². The molecule has 2 aromatic carbocycles. The number of hydrogen-bond donors (Lipinski definition) is 0. The zero-order chi connectivity index (χ0) is 23.7. The Balaban J connectivity index is 2.27. The van der Waals surface area contributed by atoms with Crippen molar-refractivity contribution in [3.8, 4) is 0 Å². The van der Waals surface area contributed by atoms with E-state index in [1.807, 2.05) is 6.92 Å². The molecule has 0 aromatic heterocycles. The third-order valence-corrected chi connectivity index (χ3v) is 10.4. The Morgan fingerprint density at radius 2 is 1.22 bits per heavy atom. The van der Waals surface area contributed by atoms with Crippen LogP contribution in [0.4, 0.5) is 26.3 Å². The number of hydrogen-bond acceptors (Lipinski definition) is 0. The van der Waals surface area contributed by atoms with Gasteiger partial charge in [-0.2, -0.15) is 22.0 Å². The second-order valence-corrected chi connectivity index (χ2v) is 11.9. The van der Waals surface area contributed by atoms with Gasteiger partial charge in [0.2, 0.25) is 6.17 Å². The maximum absolute atomic E-state index is 16.1. The number of unbranched alkanes of at least 4 members (excludes halogenated alkanes) is 4. The van der Waals surface area contributed by atoms with E-state index in [0.29, 0.717) is 29.9 Å². The van der Waals surface area contributed by atoms with Crippen molar-refractivity contribution in [1.82, 2.24) is 0 Å². The summed E-state index contributed by atoms with van der Waals surface area (Å²) in [5.74, 6) is 0. The van der Waals surface area contributed by atoms with Crippen LogP contribution in [0.2, 0.25) is 0 Å². The maximum Gasteiger partial charge on any atom is 0.393 e. The van der Waals surface area contributed by atoms with E-state index in [0.717, 1.165) is 0 Å². The van der Waals surface area contributed by atoms with Crippen LogP contribution in [0, 0.1) is 0 Å². The fraction of sp³-hybridized carbons (Fsp3) is 0.520. The van der Waals surface area contributed by atoms with Gasteiger partial charge in [0.1, 0.15) is 10.6 Å². The molecule has 0 saturated heterocycles. The largest absolute Gasteiger partial charge is 0.393 e. The lowest BCUT2D eigenvalue weighted by Gasteiger charge is -2.35. The minimum absolute atomic E-state index is 0.0572. The number of alkyl halides is 6. The van der Waals surface area contributed by atoms with Gasteiger partial charge in [0.25, 0.3) is 0 Å². The normalized spacial score (nSPS) is 13.8. The van der Waals surface area contributed by atoms with Crippen LogP contribution in [0.25, 0.3) is 0 Å². The molecule has 0 nitrogen and oxygen atoms in total. The van der Waals surface area contributed by atoms with Gasteiger partial charge in [-0.25, -0.2) is 4.39 Å². The van der Waals surface area contributed by atoms with Crippen molar-refractivity contribution in [2.75, 3.05) is 6.16 Å². The standard InChI is InChI=1S/C25H32F6P/c1-2-3-20-32(21-14-8-6-9-15-21,22-16-10-7-11-17-22)25(30,31)23(26)18-12-4-5-13-19-24(27,28)29/h6-11,14-17,23H,2-5,12-13,18-20H2,1H3/q+1. The minimum Gasteiger partial charge on any atom is -0.236 e. The predicted octanol–water partition coefficient (Wildman–Crippen LogP) is 8.29. The average Bonchev–Trinajstić information content (AvgIpc) is 2.77. The molecule has 178 valence electrons. The molecule has 0 spiro atoms. The van der Waals surface area contributed by atoms with Crippen LogP contribution in [0.3, 0.4) is 0 Å². The first kappa shape index (κ1) is 26.7. The quantitative estimate of drug-likeness (QED) is 0.155. The van der Waals surface area contributed by atoms with E-state index in [4.69, 9.17) is 0 Å². The molecular formula is C25H32F6P+. The molecule has 0 aliphatic carbocycles. The van der Waals surface area contributed by atoms with Crippen LogP contribution >= 0.6 is 7.26 Å². The Labute approximate surface area is 187 Å². The highest BCUT2D eigenvalue weighted by Gasteiger charge is 2.67. The van der Waals surface area contributed by atoms with Crippen LogP contribution in [-0.4, -0.2) is 24.2 Å². The molecular weight excluding hydrogens is 445 g/mol. The summed E-state index contributed by atoms with van der Waals surface area (Å²) in [6.07, 6.45) is -5.69. The Morgan fingerprint density at radius 1 is 0.719 bits per heavy atom. The van der Waals surface area contributed by atoms with Crippen LogP contribution < -0.4 is 10.6 Å². The Bertz CT molecular complexity index is 737. The summed E-state index contributed by atoms with van der Waals surface area (Å²) in [7, 11) is -3.42. The summed E-state index contributed by atoms with van der Waals surface area (Å²) in [6.45, 7) is 1.93. The Kier molecular flexibility index (Phi) is 10.1. The fourth-order valence-electron chi connectivity index (χ4n) is 4.08. The van der Waals surface area contributed by atoms with Crippen molar-refractivity contribution in [1.29, 1.82) is 0 Å². The van der Waals surface area contributed by atoms with Gasteiger partial charge in [0.05, 0.1) is 6.16 Å². The molecule has 0 amide bonds. The van der Waals surface area contributed by atoms with Crippen LogP contribution in [0.15, 0.2) is 60.7 Å². The van der Waals surface area contributed by atoms with Gasteiger partial charge in [0, 0.05) is 6.42 Å². The van der Waals surface area contributed by atoms with Gasteiger partial charge < -0.3 is 0 Å². The number of halogens is 6. The van der Waals surface area contributed by atoms with E-state index in [2.05, 4.69) is 0 Å². The van der Waals surface area contributed by atoms with Gasteiger partial charge in [-0.05, 0) is 43.5 Å². The van der Waals surface area contributed by atoms with Crippen molar-refractivity contribution in [2.24, 2.45) is 0 Å². The summed E-state index contributed by atoms with van der Waals surface area (Å²) in [5.41, 5.74) is -3.57. The molecule has 0 aliphatic rings. The van der Waals surface area contributed by atoms with Crippen molar-refractivity contribution < 1.29 is 26.3 Å². The van der Waals surface area contributed by atoms with Gasteiger partial charge >= 0.3 is 11.8 Å². The van der Waals surface area contributed by atoms with Crippen molar-refractivity contribution >= 4 is 17.9 Å². The van der Waals surface area contributed by atoms with Crippen LogP contribution in [-0.2, 0) is 0 Å². The van der Waals surface area contributed by atoms with Crippen LogP contribution in [0.1, 0.15) is 58.3 Å². The molecule has 1 atom stereocenters. The Morgan fingerprint density at radius 3 is 1.69 bits per heavy atom. The van der Waals surface area contributed by atoms with Crippen molar-refractivity contribution in [3.63, 3.8) is 0 Å². The summed E-state index contributed by atoms with van der Waals surface area (Å²) in [4.78, 5) is 0. The van der Waals surface area contributed by atoms with E-state index in [9.17, 15) is 13.2 Å². The van der Waals surface area contributed by atoms with Crippen molar-refractivity contribution in [2.45, 2.75) is 76.3 Å². The van der Waals surface area contributed by atoms with Gasteiger partial charge in [-0.1, -0.05) is 69.0 Å². The molecule has 0 fully saturated rings. The maximum atomic E-state index is 16.1. The first-order valence-electron chi connectivity index (χ1n) is 11.2. The lowest BCUT2D eigenvalue weighted by molar-refractivity contribution is -0.135. The third-order valence-electron chi connectivity index (χ3n) is 5.79. The first-order chi connectivity index (χ1) is 15.1. The summed E-state index contributed by atoms with van der Waals surface area (Å²) in [6, 6.07) is 17.1. The molecule has 0 heterocycles. The molecule has 32 heavy (non-hydrogen) atoms. The third kappa shape index (κ3) is 6.73. The molecule has 7 heteroatoms. The fourth-order valence-corrected chi connectivity index (χ4v) is 8.64. The molecule has 0 N–H and O–H groups in total. The summed E-state index contributed by atoms with van der Waals surface area (Å²) in [5, 5.41) is 0.968. The zero-order valence-corrected chi connectivity index (χ0v) is 19.3. The predicted molar refractivity (Wildman–Crippen MR) is 122 cm³/mol. The van der Waals surface area contributed by atoms with Crippen LogP contribution in [0.5, 0.6) is 0 Å². The SMILES string of the molecule is CCCC[P+](c1ccccc1)(c1ccccc1)C(F)(F)C(F)CCCCCCC(F)(F)F. The highest BCUT2D eigenvalue weighted by Crippen LogP contribution is 2.70. The molecule has 2 rings (SSSR count). The highest BCUT2D eigenvalue weighted by molar-refractivity contribution is 7.90. The average molecular weight is 477 g/mol. The molecule has 2 aromatic rings. The van der Waals surface area contributed by atoms with E-state index in [1.54, 1.807) is 60.7 Å². The van der Waals surface area contributed by atoms with E-state index in [-0.39, 0.29) is 31.8 Å². The first-order valence-corrected chi connectivity index (χ1v) is 13.2. The molecule has 1 unspecified atom stereocenters. The van der Waals surface area contributed by atoms with E-state index < -0.39 is 31.7 Å². The number of rotatable bonds is 13. The van der Waals surface area contributed by atoms with Gasteiger partial charge in [-0.15, -0.1) is 0 Å². The monoisotopic (exact) mass is 477 g/mol. The molecule has 0 bridgehead atoms.